The average molecular weight is 543 g/mol. The SMILES string of the molecule is CC(C)NC(=O)c1cnc(Nc2ccc3c(c2)CC(N(C)C)C3)nc1[NH2+]c1ccnc(C(C)(C)C(F)(F)F)c1. The molecule has 0 spiro atoms. The minimum absolute atomic E-state index is 0.124. The van der Waals surface area contributed by atoms with E-state index in [4.69, 9.17) is 0 Å². The number of quaternary nitrogens is 1. The van der Waals surface area contributed by atoms with Gasteiger partial charge >= 0.3 is 6.18 Å². The highest BCUT2D eigenvalue weighted by Gasteiger charge is 2.49. The number of hydrogen-bond acceptors (Lipinski definition) is 6. The van der Waals surface area contributed by atoms with E-state index < -0.39 is 11.6 Å². The molecule has 8 nitrogen and oxygen atoms in total. The molecule has 1 amide bonds. The van der Waals surface area contributed by atoms with Crippen LogP contribution in [0.5, 0.6) is 0 Å². The van der Waals surface area contributed by atoms with Gasteiger partial charge in [0.1, 0.15) is 16.7 Å². The Balaban J connectivity index is 1.64. The van der Waals surface area contributed by atoms with Crippen LogP contribution in [0, 0.1) is 0 Å². The first-order valence-electron chi connectivity index (χ1n) is 12.9. The number of aromatic nitrogens is 3. The zero-order valence-electron chi connectivity index (χ0n) is 23.0. The lowest BCUT2D eigenvalue weighted by molar-refractivity contribution is -0.483. The number of likely N-dealkylation sites (N-methyl/N-ethyl adjacent to an activating group) is 1. The number of hydrogen-bond donors (Lipinski definition) is 3. The van der Waals surface area contributed by atoms with Gasteiger partial charge in [-0.05, 0) is 77.9 Å². The summed E-state index contributed by atoms with van der Waals surface area (Å²) in [4.78, 5) is 28.0. The highest BCUT2D eigenvalue weighted by Crippen LogP contribution is 2.39. The van der Waals surface area contributed by atoms with Crippen molar-refractivity contribution in [1.29, 1.82) is 0 Å². The Morgan fingerprint density at radius 1 is 1.08 bits per heavy atom. The molecule has 2 heterocycles. The smallest absolute Gasteiger partial charge is 0.350 e. The first-order valence-corrected chi connectivity index (χ1v) is 12.9. The molecule has 1 aliphatic carbocycles. The van der Waals surface area contributed by atoms with Crippen LogP contribution in [0.4, 0.5) is 36.3 Å². The van der Waals surface area contributed by atoms with Crippen LogP contribution in [0.2, 0.25) is 0 Å². The van der Waals surface area contributed by atoms with Gasteiger partial charge in [-0.2, -0.15) is 18.2 Å². The molecule has 0 bridgehead atoms. The first-order chi connectivity index (χ1) is 18.2. The quantitative estimate of drug-likeness (QED) is 0.396. The minimum Gasteiger partial charge on any atom is -0.350 e. The zero-order valence-corrected chi connectivity index (χ0v) is 23.0. The Morgan fingerprint density at radius 3 is 2.46 bits per heavy atom. The molecule has 0 fully saturated rings. The minimum atomic E-state index is -4.48. The van der Waals surface area contributed by atoms with Gasteiger partial charge in [0.25, 0.3) is 5.91 Å². The van der Waals surface area contributed by atoms with E-state index in [1.165, 1.54) is 29.6 Å². The third-order valence-corrected chi connectivity index (χ3v) is 7.02. The Labute approximate surface area is 226 Å². The van der Waals surface area contributed by atoms with Crippen molar-refractivity contribution in [3.8, 4) is 0 Å². The fourth-order valence-electron chi connectivity index (χ4n) is 4.43. The molecule has 4 N–H and O–H groups in total. The number of benzene rings is 1. The van der Waals surface area contributed by atoms with Crippen LogP contribution in [0.1, 0.15) is 54.9 Å². The molecule has 1 aromatic carbocycles. The Hall–Kier alpha value is -3.57. The van der Waals surface area contributed by atoms with Crippen LogP contribution >= 0.6 is 0 Å². The molecule has 39 heavy (non-hydrogen) atoms. The molecule has 1 atom stereocenters. The van der Waals surface area contributed by atoms with E-state index in [2.05, 4.69) is 56.7 Å². The number of alkyl halides is 3. The van der Waals surface area contributed by atoms with Crippen molar-refractivity contribution in [2.24, 2.45) is 0 Å². The van der Waals surface area contributed by atoms with Crippen molar-refractivity contribution >= 4 is 29.0 Å². The first kappa shape index (κ1) is 28.4. The molecule has 2 aromatic heterocycles. The van der Waals surface area contributed by atoms with Crippen molar-refractivity contribution in [1.82, 2.24) is 25.2 Å². The van der Waals surface area contributed by atoms with E-state index in [-0.39, 0.29) is 35.0 Å². The van der Waals surface area contributed by atoms with Crippen LogP contribution in [0.15, 0.2) is 42.7 Å². The summed E-state index contributed by atoms with van der Waals surface area (Å²) < 4.78 is 40.9. The normalized spacial score (nSPS) is 15.5. The molecule has 0 saturated carbocycles. The number of nitrogens with two attached hydrogens (primary N) is 1. The van der Waals surface area contributed by atoms with Crippen molar-refractivity contribution < 1.29 is 23.3 Å². The number of rotatable bonds is 8. The van der Waals surface area contributed by atoms with Gasteiger partial charge in [0.2, 0.25) is 11.8 Å². The maximum Gasteiger partial charge on any atom is 0.399 e. The van der Waals surface area contributed by atoms with Gasteiger partial charge < -0.3 is 15.5 Å². The van der Waals surface area contributed by atoms with Gasteiger partial charge in [-0.3, -0.25) is 15.1 Å². The van der Waals surface area contributed by atoms with E-state index in [9.17, 15) is 18.0 Å². The number of anilines is 2. The summed E-state index contributed by atoms with van der Waals surface area (Å²) in [5.74, 6) is 0.177. The zero-order chi connectivity index (χ0) is 28.5. The lowest BCUT2D eigenvalue weighted by Gasteiger charge is -2.26. The van der Waals surface area contributed by atoms with Gasteiger partial charge in [-0.15, -0.1) is 0 Å². The molecule has 0 saturated heterocycles. The van der Waals surface area contributed by atoms with Crippen molar-refractivity contribution in [3.63, 3.8) is 0 Å². The number of nitrogens with one attached hydrogen (secondary N) is 2. The van der Waals surface area contributed by atoms with E-state index in [1.54, 1.807) is 11.4 Å². The fraction of sp³-hybridized carbons (Fsp3) is 0.429. The fourth-order valence-corrected chi connectivity index (χ4v) is 4.43. The lowest BCUT2D eigenvalue weighted by Crippen LogP contribution is -2.72. The number of carbonyl (C=O) groups is 1. The summed E-state index contributed by atoms with van der Waals surface area (Å²) in [6.07, 6.45) is 0.224. The number of fused-ring (bicyclic) bond motifs is 1. The summed E-state index contributed by atoms with van der Waals surface area (Å²) in [5, 5.41) is 7.62. The summed E-state index contributed by atoms with van der Waals surface area (Å²) in [6, 6.07) is 9.43. The second-order valence-electron chi connectivity index (χ2n) is 11.0. The summed E-state index contributed by atoms with van der Waals surface area (Å²) in [7, 11) is 4.16. The van der Waals surface area contributed by atoms with Crippen molar-refractivity contribution in [2.45, 2.75) is 64.2 Å². The highest BCUT2D eigenvalue weighted by atomic mass is 19.4. The lowest BCUT2D eigenvalue weighted by atomic mass is 9.88. The molecule has 0 aliphatic heterocycles. The van der Waals surface area contributed by atoms with Crippen molar-refractivity contribution in [2.75, 3.05) is 19.4 Å². The molecular weight excluding hydrogens is 507 g/mol. The summed E-state index contributed by atoms with van der Waals surface area (Å²) >= 11 is 0. The second kappa shape index (κ2) is 10.9. The molecule has 208 valence electrons. The largest absolute Gasteiger partial charge is 0.399 e. The molecule has 4 rings (SSSR count). The second-order valence-corrected chi connectivity index (χ2v) is 11.0. The number of amides is 1. The summed E-state index contributed by atoms with van der Waals surface area (Å²) in [6.45, 7) is 5.84. The molecule has 1 unspecified atom stereocenters. The van der Waals surface area contributed by atoms with Crippen LogP contribution in [-0.4, -0.2) is 58.1 Å². The van der Waals surface area contributed by atoms with Gasteiger partial charge in [-0.25, -0.2) is 4.98 Å². The Morgan fingerprint density at radius 2 is 1.79 bits per heavy atom. The van der Waals surface area contributed by atoms with Crippen LogP contribution < -0.4 is 16.0 Å². The summed E-state index contributed by atoms with van der Waals surface area (Å²) in [5.41, 5.74) is 1.76. The monoisotopic (exact) mass is 542 g/mol. The maximum absolute atomic E-state index is 13.6. The molecule has 0 radical (unpaired) electrons. The van der Waals surface area contributed by atoms with E-state index in [0.717, 1.165) is 32.4 Å². The van der Waals surface area contributed by atoms with Gasteiger partial charge in [-0.1, -0.05) is 6.07 Å². The Kier molecular flexibility index (Phi) is 7.94. The van der Waals surface area contributed by atoms with Gasteiger partial charge in [0.05, 0.1) is 11.9 Å². The van der Waals surface area contributed by atoms with E-state index in [1.807, 2.05) is 19.9 Å². The van der Waals surface area contributed by atoms with Crippen molar-refractivity contribution in [3.05, 3.63) is 65.1 Å². The maximum atomic E-state index is 13.6. The van der Waals surface area contributed by atoms with Crippen LogP contribution in [-0.2, 0) is 18.3 Å². The third kappa shape index (κ3) is 6.36. The molecule has 11 heteroatoms. The Bertz CT molecular complexity index is 1360. The topological polar surface area (TPSA) is 99.7 Å². The van der Waals surface area contributed by atoms with E-state index >= 15 is 0 Å². The molecule has 3 aromatic rings. The predicted octanol–water partition coefficient (Wildman–Crippen LogP) is 4.15. The van der Waals surface area contributed by atoms with Crippen LogP contribution in [0.3, 0.4) is 0 Å². The van der Waals surface area contributed by atoms with Crippen LogP contribution in [0.25, 0.3) is 0 Å². The van der Waals surface area contributed by atoms with Gasteiger partial charge in [0, 0.05) is 36.1 Å². The molecule has 1 aliphatic rings. The molecular formula is C28H35F3N7O+. The standard InChI is InChI=1S/C28H34F3N7O/c1-16(2)34-25(39)22-15-33-26(36-19-8-7-17-12-21(38(5)6)13-18(17)11-19)37-24(22)35-20-9-10-32-23(14-20)27(3,4)28(29,30)31/h7-11,14-16,21H,12-13H2,1-6H3,(H,34,39)(H2,32,33,35,36,37)/p+1. The van der Waals surface area contributed by atoms with Gasteiger partial charge in [0.15, 0.2) is 0 Å². The predicted molar refractivity (Wildman–Crippen MR) is 144 cm³/mol. The van der Waals surface area contributed by atoms with E-state index in [0.29, 0.717) is 11.7 Å². The number of nitrogens with zero attached hydrogens (tertiary/aromatic N) is 4. The third-order valence-electron chi connectivity index (χ3n) is 7.02. The highest BCUT2D eigenvalue weighted by molar-refractivity contribution is 5.97. The number of pyridine rings is 1. The number of halogens is 3. The number of carbonyl (C=O) groups excluding carboxylic acids is 1. The average Bonchev–Trinajstić information content (AvgIpc) is 3.27.